The number of hydrogen-bond acceptors (Lipinski definition) is 2. The standard InChI is InChI=1S/C24H23N2O.BrH/c1-3-26-22-18-20(19-10-6-4-7-11-19)14-15-23(22)27-24(26)16-17-25(2)21-12-8-5-9-13-21;/h4-18H,3H2,1-2H3;1H/q+1;/p-1. The first-order valence-electron chi connectivity index (χ1n) is 9.24. The van der Waals surface area contributed by atoms with Gasteiger partial charge in [0.25, 0.3) is 5.52 Å². The average Bonchev–Trinajstić information content (AvgIpc) is 3.10. The molecule has 0 aliphatic carbocycles. The number of nitrogens with zero attached hydrogens (tertiary/aromatic N) is 2. The second-order valence-electron chi connectivity index (χ2n) is 6.50. The molecule has 1 aromatic heterocycles. The van der Waals surface area contributed by atoms with Crippen molar-refractivity contribution >= 4 is 22.9 Å². The Bertz CT molecular complexity index is 1070. The van der Waals surface area contributed by atoms with E-state index in [-0.39, 0.29) is 17.0 Å². The van der Waals surface area contributed by atoms with Crippen molar-refractivity contribution in [2.24, 2.45) is 0 Å². The maximum absolute atomic E-state index is 6.12. The Hall–Kier alpha value is -2.85. The van der Waals surface area contributed by atoms with Gasteiger partial charge in [-0.05, 0) is 36.2 Å². The first kappa shape index (κ1) is 19.9. The molecule has 0 aliphatic heterocycles. The zero-order valence-corrected chi connectivity index (χ0v) is 17.6. The minimum Gasteiger partial charge on any atom is -1.00 e. The van der Waals surface area contributed by atoms with E-state index in [1.165, 1.54) is 11.1 Å². The van der Waals surface area contributed by atoms with Gasteiger partial charge in [-0.3, -0.25) is 0 Å². The first-order valence-corrected chi connectivity index (χ1v) is 9.24. The highest BCUT2D eigenvalue weighted by molar-refractivity contribution is 5.78. The van der Waals surface area contributed by atoms with E-state index < -0.39 is 0 Å². The van der Waals surface area contributed by atoms with E-state index in [0.717, 1.165) is 29.2 Å². The molecule has 0 radical (unpaired) electrons. The Morgan fingerprint density at radius 3 is 2.25 bits per heavy atom. The number of hydrogen-bond donors (Lipinski definition) is 0. The summed E-state index contributed by atoms with van der Waals surface area (Å²) in [5.74, 6) is 0.848. The molecule has 0 fully saturated rings. The van der Waals surface area contributed by atoms with Crippen molar-refractivity contribution in [1.29, 1.82) is 0 Å². The lowest BCUT2D eigenvalue weighted by atomic mass is 10.1. The third kappa shape index (κ3) is 4.02. The monoisotopic (exact) mass is 434 g/mol. The predicted octanol–water partition coefficient (Wildman–Crippen LogP) is 2.52. The van der Waals surface area contributed by atoms with Crippen LogP contribution >= 0.6 is 0 Å². The number of oxazole rings is 1. The second-order valence-corrected chi connectivity index (χ2v) is 6.50. The molecule has 3 aromatic carbocycles. The van der Waals surface area contributed by atoms with E-state index in [4.69, 9.17) is 4.42 Å². The van der Waals surface area contributed by atoms with Gasteiger partial charge in [-0.1, -0.05) is 54.6 Å². The van der Waals surface area contributed by atoms with Gasteiger partial charge in [0, 0.05) is 25.0 Å². The Kier molecular flexibility index (Phi) is 6.32. The van der Waals surface area contributed by atoms with Crippen LogP contribution < -0.4 is 26.4 Å². The molecule has 1 heterocycles. The molecule has 142 valence electrons. The van der Waals surface area contributed by atoms with Crippen LogP contribution in [0.4, 0.5) is 5.69 Å². The third-order valence-corrected chi connectivity index (χ3v) is 4.76. The molecule has 0 saturated heterocycles. The molecular formula is C24H23BrN2O. The quantitative estimate of drug-likeness (QED) is 0.449. The summed E-state index contributed by atoms with van der Waals surface area (Å²) in [6, 6.07) is 27.1. The number of aromatic nitrogens is 1. The molecule has 3 nitrogen and oxygen atoms in total. The van der Waals surface area contributed by atoms with Crippen LogP contribution in [-0.4, -0.2) is 7.05 Å². The van der Waals surface area contributed by atoms with E-state index in [1.54, 1.807) is 0 Å². The zero-order valence-electron chi connectivity index (χ0n) is 16.0. The second kappa shape index (κ2) is 8.89. The van der Waals surface area contributed by atoms with Crippen LogP contribution in [-0.2, 0) is 6.54 Å². The van der Waals surface area contributed by atoms with Crippen molar-refractivity contribution in [1.82, 2.24) is 0 Å². The van der Waals surface area contributed by atoms with Crippen LogP contribution in [0.25, 0.3) is 28.3 Å². The van der Waals surface area contributed by atoms with E-state index in [2.05, 4.69) is 71.0 Å². The number of benzene rings is 3. The van der Waals surface area contributed by atoms with Gasteiger partial charge in [-0.2, -0.15) is 4.57 Å². The largest absolute Gasteiger partial charge is 1.00 e. The number of fused-ring (bicyclic) bond motifs is 1. The zero-order chi connectivity index (χ0) is 18.6. The lowest BCUT2D eigenvalue weighted by Gasteiger charge is -2.12. The molecule has 0 unspecified atom stereocenters. The summed E-state index contributed by atoms with van der Waals surface area (Å²) in [6.07, 6.45) is 4.07. The van der Waals surface area contributed by atoms with Crippen LogP contribution in [0.3, 0.4) is 0 Å². The topological polar surface area (TPSA) is 20.3 Å². The van der Waals surface area contributed by atoms with E-state index in [9.17, 15) is 0 Å². The third-order valence-electron chi connectivity index (χ3n) is 4.76. The summed E-state index contributed by atoms with van der Waals surface area (Å²) < 4.78 is 8.32. The molecule has 0 N–H and O–H groups in total. The van der Waals surface area contributed by atoms with Crippen LogP contribution in [0.1, 0.15) is 12.8 Å². The van der Waals surface area contributed by atoms with Gasteiger partial charge in [-0.25, -0.2) is 0 Å². The van der Waals surface area contributed by atoms with E-state index >= 15 is 0 Å². The maximum atomic E-state index is 6.12. The Balaban J connectivity index is 0.00000225. The van der Waals surface area contributed by atoms with Crippen LogP contribution in [0.15, 0.2) is 89.5 Å². The Morgan fingerprint density at radius 1 is 0.893 bits per heavy atom. The summed E-state index contributed by atoms with van der Waals surface area (Å²) >= 11 is 0. The summed E-state index contributed by atoms with van der Waals surface area (Å²) in [6.45, 7) is 2.99. The number of rotatable bonds is 5. The van der Waals surface area contributed by atoms with Crippen molar-refractivity contribution in [2.75, 3.05) is 11.9 Å². The van der Waals surface area contributed by atoms with Crippen molar-refractivity contribution in [2.45, 2.75) is 13.5 Å². The number of aryl methyl sites for hydroxylation is 1. The van der Waals surface area contributed by atoms with Crippen LogP contribution in [0.5, 0.6) is 0 Å². The minimum atomic E-state index is 0. The van der Waals surface area contributed by atoms with Gasteiger partial charge in [0.2, 0.25) is 5.58 Å². The van der Waals surface area contributed by atoms with Gasteiger partial charge < -0.3 is 26.3 Å². The summed E-state index contributed by atoms with van der Waals surface area (Å²) in [4.78, 5) is 2.09. The summed E-state index contributed by atoms with van der Waals surface area (Å²) in [5.41, 5.74) is 5.56. The average molecular weight is 435 g/mol. The lowest BCUT2D eigenvalue weighted by molar-refractivity contribution is -0.674. The highest BCUT2D eigenvalue weighted by Crippen LogP contribution is 2.24. The highest BCUT2D eigenvalue weighted by atomic mass is 79.9. The predicted molar refractivity (Wildman–Crippen MR) is 111 cm³/mol. The van der Waals surface area contributed by atoms with Gasteiger partial charge in [-0.15, -0.1) is 0 Å². The molecule has 4 heteroatoms. The summed E-state index contributed by atoms with van der Waals surface area (Å²) in [5, 5.41) is 0. The van der Waals surface area contributed by atoms with Gasteiger partial charge in [0.05, 0.1) is 6.08 Å². The Labute approximate surface area is 176 Å². The van der Waals surface area contributed by atoms with E-state index in [0.29, 0.717) is 0 Å². The summed E-state index contributed by atoms with van der Waals surface area (Å²) in [7, 11) is 2.04. The van der Waals surface area contributed by atoms with Crippen LogP contribution in [0, 0.1) is 0 Å². The molecule has 0 aliphatic rings. The van der Waals surface area contributed by atoms with Crippen molar-refractivity contribution in [3.63, 3.8) is 0 Å². The highest BCUT2D eigenvalue weighted by Gasteiger charge is 2.19. The Morgan fingerprint density at radius 2 is 1.57 bits per heavy atom. The minimum absolute atomic E-state index is 0. The van der Waals surface area contributed by atoms with Gasteiger partial charge >= 0.3 is 5.89 Å². The molecule has 0 saturated carbocycles. The molecule has 0 atom stereocenters. The van der Waals surface area contributed by atoms with Crippen molar-refractivity contribution in [3.05, 3.63) is 91.0 Å². The lowest BCUT2D eigenvalue weighted by Crippen LogP contribution is -3.00. The molecular weight excluding hydrogens is 412 g/mol. The fourth-order valence-corrected chi connectivity index (χ4v) is 3.29. The number of anilines is 1. The molecule has 4 aromatic rings. The fraction of sp³-hybridized carbons (Fsp3) is 0.125. The SMILES string of the molecule is CC[n+]1c(/C=C/N(C)c2ccccc2)oc2ccc(-c3ccccc3)cc21.[Br-]. The number of halogens is 1. The molecule has 0 bridgehead atoms. The number of para-hydroxylation sites is 1. The van der Waals surface area contributed by atoms with Crippen molar-refractivity contribution < 1.29 is 26.0 Å². The van der Waals surface area contributed by atoms with Crippen LogP contribution in [0.2, 0.25) is 0 Å². The molecule has 0 spiro atoms. The fourth-order valence-electron chi connectivity index (χ4n) is 3.29. The van der Waals surface area contributed by atoms with E-state index in [1.807, 2.05) is 43.6 Å². The normalized spacial score (nSPS) is 10.9. The van der Waals surface area contributed by atoms with Gasteiger partial charge in [0.1, 0.15) is 6.54 Å². The first-order chi connectivity index (χ1) is 13.3. The molecule has 28 heavy (non-hydrogen) atoms. The maximum Gasteiger partial charge on any atom is 0.375 e. The van der Waals surface area contributed by atoms with Gasteiger partial charge in [0.15, 0.2) is 0 Å². The molecule has 0 amide bonds. The molecule has 4 rings (SSSR count). The smallest absolute Gasteiger partial charge is 0.375 e. The van der Waals surface area contributed by atoms with Crippen molar-refractivity contribution in [3.8, 4) is 11.1 Å².